The zero-order valence-electron chi connectivity index (χ0n) is 11.7. The number of nitrogens with zero attached hydrogens (tertiary/aromatic N) is 3. The molecule has 9 heteroatoms. The van der Waals surface area contributed by atoms with E-state index < -0.39 is 4.92 Å². The van der Waals surface area contributed by atoms with Gasteiger partial charge in [0.1, 0.15) is 5.69 Å². The average molecular weight is 282 g/mol. The van der Waals surface area contributed by atoms with Gasteiger partial charge in [-0.2, -0.15) is 4.98 Å². The summed E-state index contributed by atoms with van der Waals surface area (Å²) in [6.45, 7) is 4.28. The zero-order chi connectivity index (χ0) is 15.1. The summed E-state index contributed by atoms with van der Waals surface area (Å²) in [6.07, 6.45) is 0.202. The number of aromatic nitrogens is 2. The number of rotatable bonds is 7. The first kappa shape index (κ1) is 15.6. The molecule has 0 radical (unpaired) electrons. The second-order valence-electron chi connectivity index (χ2n) is 3.97. The van der Waals surface area contributed by atoms with Gasteiger partial charge in [-0.25, -0.2) is 4.98 Å². The Kier molecular flexibility index (Phi) is 5.63. The van der Waals surface area contributed by atoms with E-state index in [1.165, 1.54) is 7.05 Å². The maximum atomic E-state index is 11.1. The van der Waals surface area contributed by atoms with E-state index in [9.17, 15) is 14.9 Å². The van der Waals surface area contributed by atoms with Crippen LogP contribution in [-0.4, -0.2) is 40.9 Å². The van der Waals surface area contributed by atoms with E-state index in [4.69, 9.17) is 0 Å². The molecule has 0 atom stereocenters. The molecule has 0 aromatic carbocycles. The molecule has 20 heavy (non-hydrogen) atoms. The summed E-state index contributed by atoms with van der Waals surface area (Å²) >= 11 is 0. The monoisotopic (exact) mass is 282 g/mol. The van der Waals surface area contributed by atoms with Gasteiger partial charge < -0.3 is 16.0 Å². The summed E-state index contributed by atoms with van der Waals surface area (Å²) in [4.78, 5) is 29.7. The van der Waals surface area contributed by atoms with Crippen LogP contribution in [0.15, 0.2) is 0 Å². The number of hydrogen-bond acceptors (Lipinski definition) is 7. The number of nitrogens with one attached hydrogen (secondary N) is 3. The quantitative estimate of drug-likeness (QED) is 0.496. The van der Waals surface area contributed by atoms with E-state index in [1.54, 1.807) is 6.92 Å². The van der Waals surface area contributed by atoms with Crippen molar-refractivity contribution in [2.24, 2.45) is 0 Å². The summed E-state index contributed by atoms with van der Waals surface area (Å²) < 4.78 is 0. The number of carbonyl (C=O) groups is 1. The maximum absolute atomic E-state index is 11.1. The minimum Gasteiger partial charge on any atom is -0.364 e. The highest BCUT2D eigenvalue weighted by Crippen LogP contribution is 2.26. The molecule has 0 spiro atoms. The molecule has 0 saturated carbocycles. The largest absolute Gasteiger partial charge is 0.364 e. The zero-order valence-corrected chi connectivity index (χ0v) is 11.7. The van der Waals surface area contributed by atoms with Crippen LogP contribution in [0.1, 0.15) is 19.0 Å². The Hall–Kier alpha value is -2.45. The number of nitro groups is 1. The second-order valence-corrected chi connectivity index (χ2v) is 3.97. The van der Waals surface area contributed by atoms with Crippen molar-refractivity contribution < 1.29 is 9.72 Å². The maximum Gasteiger partial charge on any atom is 0.332 e. The lowest BCUT2D eigenvalue weighted by molar-refractivity contribution is -0.385. The number of anilines is 2. The molecule has 0 aliphatic rings. The van der Waals surface area contributed by atoms with Gasteiger partial charge in [0.25, 0.3) is 0 Å². The van der Waals surface area contributed by atoms with Crippen molar-refractivity contribution in [1.82, 2.24) is 15.3 Å². The lowest BCUT2D eigenvalue weighted by Crippen LogP contribution is -2.21. The van der Waals surface area contributed by atoms with Crippen molar-refractivity contribution in [1.29, 1.82) is 0 Å². The molecule has 0 aliphatic carbocycles. The molecule has 0 fully saturated rings. The minimum atomic E-state index is -0.534. The van der Waals surface area contributed by atoms with Gasteiger partial charge in [0.2, 0.25) is 17.7 Å². The Morgan fingerprint density at radius 2 is 2.05 bits per heavy atom. The second kappa shape index (κ2) is 7.22. The Labute approximate surface area is 116 Å². The molecule has 0 bridgehead atoms. The van der Waals surface area contributed by atoms with Crippen LogP contribution in [0.5, 0.6) is 0 Å². The van der Waals surface area contributed by atoms with Crippen LogP contribution in [-0.2, 0) is 4.79 Å². The number of carbonyl (C=O) groups excluding carboxylic acids is 1. The molecule has 1 amide bonds. The van der Waals surface area contributed by atoms with Crippen LogP contribution in [0.2, 0.25) is 0 Å². The summed E-state index contributed by atoms with van der Waals surface area (Å²) in [5.41, 5.74) is 0.0898. The molecule has 3 N–H and O–H groups in total. The lowest BCUT2D eigenvalue weighted by Gasteiger charge is -2.09. The van der Waals surface area contributed by atoms with Gasteiger partial charge >= 0.3 is 5.69 Å². The summed E-state index contributed by atoms with van der Waals surface area (Å²) in [6, 6.07) is 0. The molecule has 9 nitrogen and oxygen atoms in total. The van der Waals surface area contributed by atoms with Crippen molar-refractivity contribution in [3.05, 3.63) is 15.8 Å². The average Bonchev–Trinajstić information content (AvgIpc) is 2.37. The van der Waals surface area contributed by atoms with E-state index in [0.29, 0.717) is 12.5 Å². The molecule has 110 valence electrons. The third-order valence-corrected chi connectivity index (χ3v) is 2.50. The topological polar surface area (TPSA) is 122 Å². The van der Waals surface area contributed by atoms with Crippen molar-refractivity contribution >= 4 is 23.4 Å². The van der Waals surface area contributed by atoms with Crippen LogP contribution < -0.4 is 16.0 Å². The first-order chi connectivity index (χ1) is 9.49. The van der Waals surface area contributed by atoms with Gasteiger partial charge in [0.15, 0.2) is 0 Å². The summed E-state index contributed by atoms with van der Waals surface area (Å²) in [5.74, 6) is 0.276. The van der Waals surface area contributed by atoms with Crippen LogP contribution >= 0.6 is 0 Å². The Balaban J connectivity index is 2.95. The summed E-state index contributed by atoms with van der Waals surface area (Å²) in [5, 5.41) is 19.2. The predicted molar refractivity (Wildman–Crippen MR) is 74.8 cm³/mol. The highest BCUT2D eigenvalue weighted by Gasteiger charge is 2.21. The van der Waals surface area contributed by atoms with Gasteiger partial charge in [-0.1, -0.05) is 0 Å². The first-order valence-electron chi connectivity index (χ1n) is 6.21. The number of hydrogen-bond donors (Lipinski definition) is 3. The molecule has 1 heterocycles. The molecule has 0 unspecified atom stereocenters. The van der Waals surface area contributed by atoms with Crippen LogP contribution in [0.4, 0.5) is 17.5 Å². The fourth-order valence-corrected chi connectivity index (χ4v) is 1.57. The van der Waals surface area contributed by atoms with E-state index in [1.807, 2.05) is 6.92 Å². The van der Waals surface area contributed by atoms with Crippen LogP contribution in [0.25, 0.3) is 0 Å². The van der Waals surface area contributed by atoms with Gasteiger partial charge in [-0.3, -0.25) is 14.9 Å². The Bertz CT molecular complexity index is 505. The lowest BCUT2D eigenvalue weighted by atomic mass is 10.3. The van der Waals surface area contributed by atoms with Crippen molar-refractivity contribution in [2.45, 2.75) is 20.3 Å². The van der Waals surface area contributed by atoms with Gasteiger partial charge in [0.05, 0.1) is 4.92 Å². The van der Waals surface area contributed by atoms with Crippen molar-refractivity contribution in [3.8, 4) is 0 Å². The molecular weight excluding hydrogens is 264 g/mol. The third-order valence-electron chi connectivity index (χ3n) is 2.50. The Morgan fingerprint density at radius 1 is 1.35 bits per heavy atom. The van der Waals surface area contributed by atoms with Crippen molar-refractivity contribution in [3.63, 3.8) is 0 Å². The molecule has 1 aromatic rings. The molecule has 1 aromatic heterocycles. The van der Waals surface area contributed by atoms with E-state index in [0.717, 1.165) is 0 Å². The standard InChI is InChI=1S/C11H18N6O3/c1-4-13-11-15-7(2)9(17(19)20)10(16-11)14-6-5-8(18)12-3/h4-6H2,1-3H3,(H,12,18)(H2,13,14,15,16). The third kappa shape index (κ3) is 4.04. The molecule has 1 rings (SSSR count). The predicted octanol–water partition coefficient (Wildman–Crippen LogP) is 0.673. The summed E-state index contributed by atoms with van der Waals surface area (Å²) in [7, 11) is 1.53. The fourth-order valence-electron chi connectivity index (χ4n) is 1.57. The van der Waals surface area contributed by atoms with E-state index in [-0.39, 0.29) is 36.1 Å². The minimum absolute atomic E-state index is 0.113. The highest BCUT2D eigenvalue weighted by atomic mass is 16.6. The first-order valence-corrected chi connectivity index (χ1v) is 6.21. The SMILES string of the molecule is CCNc1nc(C)c([N+](=O)[O-])c(NCCC(=O)NC)n1. The molecular formula is C11H18N6O3. The Morgan fingerprint density at radius 3 is 2.60 bits per heavy atom. The van der Waals surface area contributed by atoms with Gasteiger partial charge in [-0.05, 0) is 13.8 Å². The van der Waals surface area contributed by atoms with E-state index >= 15 is 0 Å². The molecule has 0 saturated heterocycles. The highest BCUT2D eigenvalue weighted by molar-refractivity contribution is 5.76. The fraction of sp³-hybridized carbons (Fsp3) is 0.545. The number of amides is 1. The van der Waals surface area contributed by atoms with Gasteiger partial charge in [0, 0.05) is 26.6 Å². The van der Waals surface area contributed by atoms with Crippen LogP contribution in [0, 0.1) is 17.0 Å². The smallest absolute Gasteiger partial charge is 0.332 e. The van der Waals surface area contributed by atoms with Gasteiger partial charge in [-0.15, -0.1) is 0 Å². The van der Waals surface area contributed by atoms with E-state index in [2.05, 4.69) is 25.9 Å². The number of aryl methyl sites for hydroxylation is 1. The van der Waals surface area contributed by atoms with Crippen molar-refractivity contribution in [2.75, 3.05) is 30.8 Å². The normalized spacial score (nSPS) is 9.95. The molecule has 0 aliphatic heterocycles. The van der Waals surface area contributed by atoms with Crippen LogP contribution in [0.3, 0.4) is 0 Å².